The van der Waals surface area contributed by atoms with Gasteiger partial charge in [0.25, 0.3) is 0 Å². The van der Waals surface area contributed by atoms with Crippen LogP contribution in [-0.4, -0.2) is 31.0 Å². The Hall–Kier alpha value is -2.08. The molecule has 3 fully saturated rings. The van der Waals surface area contributed by atoms with Crippen molar-refractivity contribution in [3.8, 4) is 11.5 Å². The molecule has 0 radical (unpaired) electrons. The van der Waals surface area contributed by atoms with E-state index in [2.05, 4.69) is 4.74 Å². The number of hydrogen-bond acceptors (Lipinski definition) is 4. The largest absolute Gasteiger partial charge is 0.493 e. The van der Waals surface area contributed by atoms with Crippen LogP contribution in [0.2, 0.25) is 0 Å². The molecule has 3 aliphatic rings. The molecular weight excluding hydrogens is 576 g/mol. The molecule has 42 heavy (non-hydrogen) atoms. The van der Waals surface area contributed by atoms with E-state index in [-0.39, 0.29) is 50.2 Å². The first-order valence-corrected chi connectivity index (χ1v) is 14.7. The summed E-state index contributed by atoms with van der Waals surface area (Å²) in [6.45, 7) is 2.13. The Bertz CT molecular complexity index is 1020. The van der Waals surface area contributed by atoms with E-state index in [0.717, 1.165) is 25.0 Å². The fourth-order valence-electron chi connectivity index (χ4n) is 6.22. The summed E-state index contributed by atoms with van der Waals surface area (Å²) in [5.41, 5.74) is 0. The molecule has 1 aromatic carbocycles. The Balaban J connectivity index is 1.17. The second-order valence-electron chi connectivity index (χ2n) is 12.0. The van der Waals surface area contributed by atoms with E-state index < -0.39 is 59.7 Å². The van der Waals surface area contributed by atoms with Crippen molar-refractivity contribution in [1.29, 1.82) is 0 Å². The molecule has 4 nitrogen and oxygen atoms in total. The van der Waals surface area contributed by atoms with Gasteiger partial charge in [-0.3, -0.25) is 0 Å². The van der Waals surface area contributed by atoms with Crippen LogP contribution in [0, 0.1) is 35.3 Å². The lowest BCUT2D eigenvalue weighted by atomic mass is 9.82. The van der Waals surface area contributed by atoms with Crippen LogP contribution in [0.15, 0.2) is 24.5 Å². The Morgan fingerprint density at radius 1 is 0.738 bits per heavy atom. The molecule has 0 aliphatic heterocycles. The SMILES string of the molecule is CC1CCC(C(F)(F)OC2CCC(C(F)(F)OC3CCC(COc4cc(F)c(OC=C(F)F)c(F)c4)CC3)CC2)CC1. The highest BCUT2D eigenvalue weighted by atomic mass is 19.3. The van der Waals surface area contributed by atoms with Crippen molar-refractivity contribution in [2.45, 2.75) is 108 Å². The number of halogens is 8. The van der Waals surface area contributed by atoms with E-state index in [4.69, 9.17) is 14.2 Å². The molecule has 0 amide bonds. The second-order valence-corrected chi connectivity index (χ2v) is 12.0. The average molecular weight is 615 g/mol. The summed E-state index contributed by atoms with van der Waals surface area (Å²) in [5, 5.41) is 0. The number of rotatable bonds is 11. The van der Waals surface area contributed by atoms with Crippen molar-refractivity contribution in [3.63, 3.8) is 0 Å². The van der Waals surface area contributed by atoms with Crippen molar-refractivity contribution in [3.05, 3.63) is 36.1 Å². The number of ether oxygens (including phenoxy) is 4. The quantitative estimate of drug-likeness (QED) is 0.184. The molecule has 0 bridgehead atoms. The lowest BCUT2D eigenvalue weighted by molar-refractivity contribution is -0.319. The van der Waals surface area contributed by atoms with Crippen LogP contribution in [0.4, 0.5) is 35.1 Å². The van der Waals surface area contributed by atoms with E-state index in [1.54, 1.807) is 0 Å². The maximum Gasteiger partial charge on any atom is 0.358 e. The highest BCUT2D eigenvalue weighted by Gasteiger charge is 2.48. The van der Waals surface area contributed by atoms with Gasteiger partial charge in [0.1, 0.15) is 5.75 Å². The number of hydrogen-bond donors (Lipinski definition) is 0. The smallest absolute Gasteiger partial charge is 0.358 e. The first kappa shape index (κ1) is 32.8. The fraction of sp³-hybridized carbons (Fsp3) is 0.733. The van der Waals surface area contributed by atoms with Crippen molar-refractivity contribution >= 4 is 0 Å². The molecule has 238 valence electrons. The van der Waals surface area contributed by atoms with Crippen molar-refractivity contribution in [2.75, 3.05) is 6.61 Å². The van der Waals surface area contributed by atoms with Gasteiger partial charge in [-0.1, -0.05) is 19.8 Å². The molecule has 0 heterocycles. The molecule has 4 rings (SSSR count). The minimum Gasteiger partial charge on any atom is -0.493 e. The summed E-state index contributed by atoms with van der Waals surface area (Å²) < 4.78 is 132. The van der Waals surface area contributed by atoms with E-state index in [9.17, 15) is 35.1 Å². The molecule has 0 unspecified atom stereocenters. The van der Waals surface area contributed by atoms with Gasteiger partial charge in [-0.15, -0.1) is 0 Å². The number of alkyl halides is 4. The van der Waals surface area contributed by atoms with Crippen LogP contribution in [0.3, 0.4) is 0 Å². The van der Waals surface area contributed by atoms with Gasteiger partial charge in [0, 0.05) is 12.1 Å². The molecule has 0 aromatic heterocycles. The normalized spacial score (nSPS) is 29.2. The van der Waals surface area contributed by atoms with Gasteiger partial charge in [-0.25, -0.2) is 8.78 Å². The zero-order chi connectivity index (χ0) is 30.5. The standard InChI is InChI=1S/C30H38F8O4/c1-18-2-6-20(7-3-18)29(35,36)42-23-12-8-21(9-13-23)30(37,38)41-22-10-4-19(5-11-22)16-39-24-14-25(31)28(26(32)15-24)40-17-27(33)34/h14-15,17-23H,2-13,16H2,1H3. The molecule has 1 aromatic rings. The fourth-order valence-corrected chi connectivity index (χ4v) is 6.22. The minimum absolute atomic E-state index is 0.0363. The molecular formula is C30H38F8O4. The van der Waals surface area contributed by atoms with Crippen molar-refractivity contribution in [1.82, 2.24) is 0 Å². The van der Waals surface area contributed by atoms with Gasteiger partial charge in [-0.05, 0) is 76.0 Å². The van der Waals surface area contributed by atoms with Crippen LogP contribution in [-0.2, 0) is 9.47 Å². The summed E-state index contributed by atoms with van der Waals surface area (Å²) in [6, 6.07) is 1.63. The zero-order valence-corrected chi connectivity index (χ0v) is 23.5. The molecule has 0 spiro atoms. The third-order valence-electron chi connectivity index (χ3n) is 8.81. The van der Waals surface area contributed by atoms with E-state index >= 15 is 0 Å². The van der Waals surface area contributed by atoms with Gasteiger partial charge in [0.2, 0.25) is 0 Å². The Kier molecular flexibility index (Phi) is 11.0. The lowest BCUT2D eigenvalue weighted by Crippen LogP contribution is -2.42. The predicted molar refractivity (Wildman–Crippen MR) is 137 cm³/mol. The second kappa shape index (κ2) is 14.1. The van der Waals surface area contributed by atoms with E-state index in [1.807, 2.05) is 6.92 Å². The maximum absolute atomic E-state index is 15.0. The van der Waals surface area contributed by atoms with Gasteiger partial charge in [-0.2, -0.15) is 26.3 Å². The maximum atomic E-state index is 15.0. The van der Waals surface area contributed by atoms with E-state index in [1.165, 1.54) is 0 Å². The van der Waals surface area contributed by atoms with E-state index in [0.29, 0.717) is 44.4 Å². The van der Waals surface area contributed by atoms with Crippen molar-refractivity contribution < 1.29 is 54.1 Å². The summed E-state index contributed by atoms with van der Waals surface area (Å²) in [6.07, 6.45) is -6.11. The van der Waals surface area contributed by atoms with Gasteiger partial charge in [0.15, 0.2) is 23.6 Å². The minimum atomic E-state index is -3.39. The van der Waals surface area contributed by atoms with Crippen LogP contribution >= 0.6 is 0 Å². The number of benzene rings is 1. The molecule has 0 atom stereocenters. The predicted octanol–water partition coefficient (Wildman–Crippen LogP) is 9.62. The molecule has 12 heteroatoms. The molecule has 3 saturated carbocycles. The Morgan fingerprint density at radius 3 is 1.67 bits per heavy atom. The Morgan fingerprint density at radius 2 is 1.19 bits per heavy atom. The van der Waals surface area contributed by atoms with Gasteiger partial charge < -0.3 is 18.9 Å². The molecule has 0 saturated heterocycles. The van der Waals surface area contributed by atoms with Crippen molar-refractivity contribution in [2.24, 2.45) is 23.7 Å². The summed E-state index contributed by atoms with van der Waals surface area (Å²) in [5.74, 6) is -5.09. The third kappa shape index (κ3) is 8.97. The van der Waals surface area contributed by atoms with Gasteiger partial charge >= 0.3 is 18.3 Å². The van der Waals surface area contributed by atoms with Crippen LogP contribution in [0.25, 0.3) is 0 Å². The average Bonchev–Trinajstić information content (AvgIpc) is 2.92. The lowest BCUT2D eigenvalue weighted by Gasteiger charge is -2.39. The van der Waals surface area contributed by atoms with Crippen LogP contribution in [0.1, 0.15) is 84.0 Å². The zero-order valence-electron chi connectivity index (χ0n) is 23.5. The highest BCUT2D eigenvalue weighted by Crippen LogP contribution is 2.45. The monoisotopic (exact) mass is 614 g/mol. The third-order valence-corrected chi connectivity index (χ3v) is 8.81. The van der Waals surface area contributed by atoms with Crippen LogP contribution < -0.4 is 9.47 Å². The molecule has 3 aliphatic carbocycles. The molecule has 0 N–H and O–H groups in total. The first-order chi connectivity index (χ1) is 19.8. The van der Waals surface area contributed by atoms with Gasteiger partial charge in [0.05, 0.1) is 30.7 Å². The highest BCUT2D eigenvalue weighted by molar-refractivity contribution is 5.35. The summed E-state index contributed by atoms with van der Waals surface area (Å²) in [7, 11) is 0. The first-order valence-electron chi connectivity index (χ1n) is 14.7. The summed E-state index contributed by atoms with van der Waals surface area (Å²) >= 11 is 0. The summed E-state index contributed by atoms with van der Waals surface area (Å²) in [4.78, 5) is 0. The van der Waals surface area contributed by atoms with Crippen LogP contribution in [0.5, 0.6) is 11.5 Å². The Labute approximate surface area is 240 Å². The topological polar surface area (TPSA) is 36.9 Å².